The fraction of sp³-hybridized carbons (Fsp3) is 0.880. The average Bonchev–Trinajstić information content (AvgIpc) is 3.53. The minimum atomic E-state index is -0.928. The Balaban J connectivity index is 1.85. The predicted molar refractivity (Wildman–Crippen MR) is 136 cm³/mol. The van der Waals surface area contributed by atoms with Crippen LogP contribution in [0.15, 0.2) is 0 Å². The number of hydrogen-bond donors (Lipinski definition) is 4. The third-order valence-corrected chi connectivity index (χ3v) is 7.53. The highest BCUT2D eigenvalue weighted by Gasteiger charge is 2.55. The van der Waals surface area contributed by atoms with Crippen molar-refractivity contribution in [3.05, 3.63) is 0 Å². The van der Waals surface area contributed by atoms with Crippen molar-refractivity contribution in [1.29, 1.82) is 0 Å². The Morgan fingerprint density at radius 1 is 1.03 bits per heavy atom. The maximum Gasteiger partial charge on any atom is 0.410 e. The summed E-state index contributed by atoms with van der Waals surface area (Å²) in [6.07, 6.45) is 0.575. The number of rotatable bonds is 7. The fourth-order valence-electron chi connectivity index (χ4n) is 5.39. The Hall–Kier alpha value is -2.11. The highest BCUT2D eigenvalue weighted by molar-refractivity contribution is 5.84. The average molecular weight is 511 g/mol. The van der Waals surface area contributed by atoms with Crippen LogP contribution < -0.4 is 16.0 Å². The van der Waals surface area contributed by atoms with Gasteiger partial charge in [-0.3, -0.25) is 10.1 Å². The van der Waals surface area contributed by atoms with Gasteiger partial charge in [0.15, 0.2) is 0 Å². The van der Waals surface area contributed by atoms with Crippen LogP contribution in [0.2, 0.25) is 0 Å². The van der Waals surface area contributed by atoms with Crippen molar-refractivity contribution in [3.63, 3.8) is 0 Å². The number of nitrogens with zero attached hydrogens (tertiary/aromatic N) is 3. The van der Waals surface area contributed by atoms with Gasteiger partial charge in [0.25, 0.3) is 0 Å². The van der Waals surface area contributed by atoms with E-state index in [9.17, 15) is 19.5 Å². The van der Waals surface area contributed by atoms with Crippen LogP contribution in [-0.4, -0.2) is 114 Å². The van der Waals surface area contributed by atoms with Crippen LogP contribution in [-0.2, 0) is 9.53 Å². The van der Waals surface area contributed by atoms with Crippen molar-refractivity contribution in [2.45, 2.75) is 103 Å². The van der Waals surface area contributed by atoms with E-state index in [0.29, 0.717) is 26.1 Å². The number of urea groups is 1. The van der Waals surface area contributed by atoms with Gasteiger partial charge in [0.05, 0.1) is 24.7 Å². The number of ether oxygens (including phenoxy) is 1. The molecule has 3 aliphatic rings. The summed E-state index contributed by atoms with van der Waals surface area (Å²) in [4.78, 5) is 45.1. The molecule has 0 bridgehead atoms. The molecule has 11 heteroatoms. The molecule has 3 heterocycles. The van der Waals surface area contributed by atoms with Crippen molar-refractivity contribution in [2.24, 2.45) is 5.41 Å². The number of likely N-dealkylation sites (tertiary alicyclic amines) is 3. The van der Waals surface area contributed by atoms with E-state index in [1.54, 1.807) is 21.7 Å². The molecule has 0 saturated carbocycles. The van der Waals surface area contributed by atoms with Gasteiger partial charge >= 0.3 is 12.1 Å². The van der Waals surface area contributed by atoms with Crippen molar-refractivity contribution >= 4 is 18.0 Å². The molecular formula is C25H46N6O5. The molecule has 0 aliphatic carbocycles. The number of carbonyl (C=O) groups is 3. The van der Waals surface area contributed by atoms with Gasteiger partial charge in [-0.25, -0.2) is 9.59 Å². The molecule has 3 fully saturated rings. The highest BCUT2D eigenvalue weighted by atomic mass is 16.6. The van der Waals surface area contributed by atoms with E-state index in [0.717, 1.165) is 12.8 Å². The normalized spacial score (nSPS) is 26.7. The summed E-state index contributed by atoms with van der Waals surface area (Å²) in [7, 11) is 1.75. The summed E-state index contributed by atoms with van der Waals surface area (Å²) >= 11 is 0. The van der Waals surface area contributed by atoms with Gasteiger partial charge in [0, 0.05) is 31.7 Å². The topological polar surface area (TPSA) is 126 Å². The summed E-state index contributed by atoms with van der Waals surface area (Å²) in [5.74, 6) is -0.161. The zero-order chi connectivity index (χ0) is 26.8. The third kappa shape index (κ3) is 6.23. The van der Waals surface area contributed by atoms with Crippen LogP contribution in [0.3, 0.4) is 0 Å². The lowest BCUT2D eigenvalue weighted by Crippen LogP contribution is -2.61. The van der Waals surface area contributed by atoms with Gasteiger partial charge in [0.1, 0.15) is 12.3 Å². The second-order valence-corrected chi connectivity index (χ2v) is 11.7. The molecular weight excluding hydrogens is 464 g/mol. The van der Waals surface area contributed by atoms with E-state index in [4.69, 9.17) is 4.74 Å². The van der Waals surface area contributed by atoms with E-state index >= 15 is 0 Å². The van der Waals surface area contributed by atoms with Crippen LogP contribution in [0.5, 0.6) is 0 Å². The Morgan fingerprint density at radius 2 is 1.67 bits per heavy atom. The molecule has 36 heavy (non-hydrogen) atoms. The van der Waals surface area contributed by atoms with Crippen molar-refractivity contribution in [2.75, 3.05) is 33.2 Å². The minimum Gasteiger partial charge on any atom is -0.442 e. The summed E-state index contributed by atoms with van der Waals surface area (Å²) in [5, 5.41) is 19.7. The molecule has 0 spiro atoms. The first-order chi connectivity index (χ1) is 16.8. The van der Waals surface area contributed by atoms with E-state index < -0.39 is 29.8 Å². The predicted octanol–water partition coefficient (Wildman–Crippen LogP) is 0.921. The third-order valence-electron chi connectivity index (χ3n) is 7.53. The smallest absolute Gasteiger partial charge is 0.410 e. The number of aliphatic hydroxyl groups is 1. The lowest BCUT2D eigenvalue weighted by atomic mass is 9.85. The first-order valence-electron chi connectivity index (χ1n) is 13.3. The van der Waals surface area contributed by atoms with Crippen molar-refractivity contribution in [3.8, 4) is 0 Å². The van der Waals surface area contributed by atoms with Crippen LogP contribution in [0.4, 0.5) is 9.59 Å². The number of carbonyl (C=O) groups excluding carboxylic acids is 3. The highest BCUT2D eigenvalue weighted by Crippen LogP contribution is 2.36. The van der Waals surface area contributed by atoms with Crippen molar-refractivity contribution in [1.82, 2.24) is 30.7 Å². The van der Waals surface area contributed by atoms with Crippen LogP contribution in [0.25, 0.3) is 0 Å². The van der Waals surface area contributed by atoms with Gasteiger partial charge in [-0.05, 0) is 52.5 Å². The molecule has 0 radical (unpaired) electrons. The largest absolute Gasteiger partial charge is 0.442 e. The molecule has 0 aromatic heterocycles. The molecule has 3 aliphatic heterocycles. The zero-order valence-electron chi connectivity index (χ0n) is 22.9. The molecule has 0 aromatic rings. The number of likely N-dealkylation sites (N-methyl/N-ethyl adjacent to an activating group) is 1. The minimum absolute atomic E-state index is 0.0357. The Morgan fingerprint density at radius 3 is 2.22 bits per heavy atom. The molecule has 4 amide bonds. The second-order valence-electron chi connectivity index (χ2n) is 11.7. The molecule has 0 aromatic carbocycles. The van der Waals surface area contributed by atoms with E-state index in [1.807, 2.05) is 41.5 Å². The Kier molecular flexibility index (Phi) is 9.11. The number of hydrogen-bond acceptors (Lipinski definition) is 7. The summed E-state index contributed by atoms with van der Waals surface area (Å²) in [6, 6.07) is -1.86. The molecule has 6 unspecified atom stereocenters. The van der Waals surface area contributed by atoms with E-state index in [-0.39, 0.29) is 42.7 Å². The van der Waals surface area contributed by atoms with Gasteiger partial charge in [-0.1, -0.05) is 20.8 Å². The second kappa shape index (κ2) is 11.5. The first kappa shape index (κ1) is 28.5. The molecule has 3 saturated heterocycles. The van der Waals surface area contributed by atoms with E-state index in [1.165, 1.54) is 0 Å². The standard InChI is InChI=1S/C25H46N6O5/c1-15(2)27-23(34)31-14-18(36-24(35)29-11-8-9-12-29)19-17(31)10-13-30(19)22(33)20(25(4,5)6)28-21(32)16(3)26-7/h15-21,26,28,32H,8-14H2,1-7H3,(H,27,34). The lowest BCUT2D eigenvalue weighted by Gasteiger charge is -2.38. The number of amides is 4. The molecule has 206 valence electrons. The SMILES string of the molecule is CNC(C)C(O)NC(C(=O)N1CCC2C1C(OC(=O)N1CCCC1)CN2C(=O)NC(C)C)C(C)(C)C. The maximum atomic E-state index is 14.0. The van der Waals surface area contributed by atoms with Crippen LogP contribution in [0.1, 0.15) is 60.8 Å². The monoisotopic (exact) mass is 510 g/mol. The summed E-state index contributed by atoms with van der Waals surface area (Å²) in [5.41, 5.74) is -0.487. The Labute approximate surface area is 215 Å². The number of fused-ring (bicyclic) bond motifs is 1. The summed E-state index contributed by atoms with van der Waals surface area (Å²) in [6.45, 7) is 13.5. The lowest BCUT2D eigenvalue weighted by molar-refractivity contribution is -0.140. The van der Waals surface area contributed by atoms with Crippen LogP contribution >= 0.6 is 0 Å². The quantitative estimate of drug-likeness (QED) is 0.375. The fourth-order valence-corrected chi connectivity index (χ4v) is 5.39. The molecule has 4 N–H and O–H groups in total. The van der Waals surface area contributed by atoms with Crippen molar-refractivity contribution < 1.29 is 24.2 Å². The molecule has 11 nitrogen and oxygen atoms in total. The van der Waals surface area contributed by atoms with E-state index in [2.05, 4.69) is 16.0 Å². The molecule has 6 atom stereocenters. The van der Waals surface area contributed by atoms with Crippen LogP contribution in [0, 0.1) is 5.41 Å². The van der Waals surface area contributed by atoms with Gasteiger partial charge in [-0.15, -0.1) is 0 Å². The maximum absolute atomic E-state index is 14.0. The number of aliphatic hydroxyl groups excluding tert-OH is 1. The summed E-state index contributed by atoms with van der Waals surface area (Å²) < 4.78 is 5.97. The van der Waals surface area contributed by atoms with Gasteiger partial charge in [0.2, 0.25) is 5.91 Å². The Bertz CT molecular complexity index is 796. The first-order valence-corrected chi connectivity index (χ1v) is 13.3. The molecule has 3 rings (SSSR count). The zero-order valence-corrected chi connectivity index (χ0v) is 22.9. The number of nitrogens with one attached hydrogen (secondary N) is 3. The van der Waals surface area contributed by atoms with Gasteiger partial charge in [-0.2, -0.15) is 0 Å². The van der Waals surface area contributed by atoms with Gasteiger partial charge < -0.3 is 35.2 Å².